The van der Waals surface area contributed by atoms with Gasteiger partial charge in [0.15, 0.2) is 0 Å². The summed E-state index contributed by atoms with van der Waals surface area (Å²) in [5, 5.41) is 2.96. The van der Waals surface area contributed by atoms with Crippen LogP contribution in [0, 0.1) is 6.92 Å². The minimum absolute atomic E-state index is 0.377. The van der Waals surface area contributed by atoms with Gasteiger partial charge in [-0.15, -0.1) is 0 Å². The van der Waals surface area contributed by atoms with Crippen molar-refractivity contribution in [1.29, 1.82) is 0 Å². The summed E-state index contributed by atoms with van der Waals surface area (Å²) in [5.74, 6) is 0.377. The van der Waals surface area contributed by atoms with Gasteiger partial charge in [-0.2, -0.15) is 0 Å². The Bertz CT molecular complexity index is 329. The molecule has 0 fully saturated rings. The van der Waals surface area contributed by atoms with Crippen molar-refractivity contribution in [3.8, 4) is 0 Å². The second kappa shape index (κ2) is 7.06. The third-order valence-corrected chi connectivity index (χ3v) is 1.86. The summed E-state index contributed by atoms with van der Waals surface area (Å²) in [6.07, 6.45) is 1.01. The molecule has 5 heteroatoms. The second-order valence-electron chi connectivity index (χ2n) is 2.44. The fourth-order valence-electron chi connectivity index (χ4n) is 0.723. The molecule has 0 spiro atoms. The number of halogens is 1. The van der Waals surface area contributed by atoms with Crippen molar-refractivity contribution >= 4 is 23.5 Å². The maximum Gasteiger partial charge on any atom is 0.412 e. The molecule has 1 aromatic heterocycles. The molecule has 1 N–H and O–H groups in total. The summed E-state index contributed by atoms with van der Waals surface area (Å²) >= 11 is 5.81. The zero-order valence-corrected chi connectivity index (χ0v) is 10.1. The van der Waals surface area contributed by atoms with E-state index in [0.29, 0.717) is 10.8 Å². The van der Waals surface area contributed by atoms with Gasteiger partial charge in [0.25, 0.3) is 0 Å². The Morgan fingerprint density at radius 2 is 2.13 bits per heavy atom. The summed E-state index contributed by atoms with van der Waals surface area (Å²) in [6, 6.07) is 1.56. The molecule has 0 unspecified atom stereocenters. The summed E-state index contributed by atoms with van der Waals surface area (Å²) < 4.78 is 4.39. The number of ether oxygens (including phenoxy) is 1. The molecule has 0 aliphatic heterocycles. The van der Waals surface area contributed by atoms with Crippen molar-refractivity contribution in [3.05, 3.63) is 22.8 Å². The number of carbonyl (C=O) groups is 1. The maximum atomic E-state index is 10.8. The topological polar surface area (TPSA) is 51.2 Å². The van der Waals surface area contributed by atoms with Gasteiger partial charge in [-0.05, 0) is 18.6 Å². The number of aromatic nitrogens is 1. The fraction of sp³-hybridized carbons (Fsp3) is 0.400. The number of aryl methyl sites for hydroxylation is 1. The van der Waals surface area contributed by atoms with E-state index in [9.17, 15) is 4.79 Å². The van der Waals surface area contributed by atoms with E-state index in [-0.39, 0.29) is 0 Å². The molecule has 0 saturated carbocycles. The Morgan fingerprint density at radius 3 is 2.60 bits per heavy atom. The predicted octanol–water partition coefficient (Wildman–Crippen LogP) is 3.25. The van der Waals surface area contributed by atoms with Crippen molar-refractivity contribution in [1.82, 2.24) is 4.98 Å². The Kier molecular flexibility index (Phi) is 6.45. The van der Waals surface area contributed by atoms with E-state index in [1.165, 1.54) is 7.11 Å². The first-order chi connectivity index (χ1) is 7.13. The summed E-state index contributed by atoms with van der Waals surface area (Å²) in [6.45, 7) is 5.83. The van der Waals surface area contributed by atoms with Crippen LogP contribution < -0.4 is 5.32 Å². The average molecular weight is 231 g/mol. The molecular weight excluding hydrogens is 216 g/mol. The van der Waals surface area contributed by atoms with Crippen LogP contribution in [0.15, 0.2) is 12.3 Å². The van der Waals surface area contributed by atoms with Gasteiger partial charge in [-0.3, -0.25) is 5.32 Å². The van der Waals surface area contributed by atoms with Crippen LogP contribution >= 0.6 is 11.6 Å². The molecule has 84 valence electrons. The molecule has 1 amide bonds. The number of carbonyl (C=O) groups excluding carboxylic acids is 1. The van der Waals surface area contributed by atoms with Gasteiger partial charge < -0.3 is 4.74 Å². The lowest BCUT2D eigenvalue weighted by Gasteiger charge is -2.03. The molecule has 1 aromatic rings. The van der Waals surface area contributed by atoms with Crippen molar-refractivity contribution in [2.75, 3.05) is 12.4 Å². The minimum Gasteiger partial charge on any atom is -0.453 e. The predicted molar refractivity (Wildman–Crippen MR) is 61.4 cm³/mol. The SMILES string of the molecule is CC.COC(=O)Nc1cc(Cl)c(C)cn1. The largest absolute Gasteiger partial charge is 0.453 e. The van der Waals surface area contributed by atoms with E-state index in [4.69, 9.17) is 11.6 Å². The standard InChI is InChI=1S/C8H9ClN2O2.C2H6/c1-5-4-10-7(3-6(5)9)11-8(12)13-2;1-2/h3-4H,1-2H3,(H,10,11,12);1-2H3. The zero-order valence-electron chi connectivity index (χ0n) is 9.30. The monoisotopic (exact) mass is 230 g/mol. The number of rotatable bonds is 1. The highest BCUT2D eigenvalue weighted by molar-refractivity contribution is 6.31. The van der Waals surface area contributed by atoms with Crippen molar-refractivity contribution in [3.63, 3.8) is 0 Å². The zero-order chi connectivity index (χ0) is 11.8. The van der Waals surface area contributed by atoms with Crippen LogP contribution in [-0.2, 0) is 4.74 Å². The number of hydrogen-bond donors (Lipinski definition) is 1. The number of pyridine rings is 1. The summed E-state index contributed by atoms with van der Waals surface area (Å²) in [4.78, 5) is 14.7. The summed E-state index contributed by atoms with van der Waals surface area (Å²) in [5.41, 5.74) is 0.858. The molecule has 1 rings (SSSR count). The molecule has 1 heterocycles. The molecule has 0 aromatic carbocycles. The Labute approximate surface area is 94.6 Å². The number of amides is 1. The maximum absolute atomic E-state index is 10.8. The lowest BCUT2D eigenvalue weighted by atomic mass is 10.3. The third-order valence-electron chi connectivity index (χ3n) is 1.45. The quantitative estimate of drug-likeness (QED) is 0.806. The van der Waals surface area contributed by atoms with Crippen LogP contribution in [0.5, 0.6) is 0 Å². The average Bonchev–Trinajstić information content (AvgIpc) is 2.26. The van der Waals surface area contributed by atoms with Crippen LogP contribution in [0.4, 0.5) is 10.6 Å². The molecule has 4 nitrogen and oxygen atoms in total. The molecular formula is C10H15ClN2O2. The second-order valence-corrected chi connectivity index (χ2v) is 2.84. The number of methoxy groups -OCH3 is 1. The molecule has 15 heavy (non-hydrogen) atoms. The number of nitrogens with zero attached hydrogens (tertiary/aromatic N) is 1. The first-order valence-corrected chi connectivity index (χ1v) is 4.98. The lowest BCUT2D eigenvalue weighted by Crippen LogP contribution is -2.11. The van der Waals surface area contributed by atoms with E-state index in [1.54, 1.807) is 12.3 Å². The summed E-state index contributed by atoms with van der Waals surface area (Å²) in [7, 11) is 1.28. The van der Waals surface area contributed by atoms with E-state index in [1.807, 2.05) is 20.8 Å². The highest BCUT2D eigenvalue weighted by Crippen LogP contribution is 2.17. The first kappa shape index (κ1) is 13.7. The third kappa shape index (κ3) is 4.65. The van der Waals surface area contributed by atoms with Crippen molar-refractivity contribution in [2.45, 2.75) is 20.8 Å². The molecule has 0 saturated heterocycles. The molecule has 0 bridgehead atoms. The van der Waals surface area contributed by atoms with E-state index < -0.39 is 6.09 Å². The van der Waals surface area contributed by atoms with Gasteiger partial charge in [-0.25, -0.2) is 9.78 Å². The van der Waals surface area contributed by atoms with Crippen molar-refractivity contribution in [2.24, 2.45) is 0 Å². The van der Waals surface area contributed by atoms with Gasteiger partial charge in [0.1, 0.15) is 5.82 Å². The fourth-order valence-corrected chi connectivity index (χ4v) is 0.875. The number of hydrogen-bond acceptors (Lipinski definition) is 3. The van der Waals surface area contributed by atoms with Gasteiger partial charge >= 0.3 is 6.09 Å². The minimum atomic E-state index is -0.563. The molecule has 0 aliphatic rings. The van der Waals surface area contributed by atoms with Gasteiger partial charge in [-0.1, -0.05) is 25.4 Å². The molecule has 0 radical (unpaired) electrons. The smallest absolute Gasteiger partial charge is 0.412 e. The highest BCUT2D eigenvalue weighted by atomic mass is 35.5. The van der Waals surface area contributed by atoms with Gasteiger partial charge in [0.05, 0.1) is 7.11 Å². The Morgan fingerprint density at radius 1 is 1.53 bits per heavy atom. The van der Waals surface area contributed by atoms with Crippen LogP contribution in [0.1, 0.15) is 19.4 Å². The van der Waals surface area contributed by atoms with Gasteiger partial charge in [0, 0.05) is 11.2 Å². The first-order valence-electron chi connectivity index (χ1n) is 4.60. The van der Waals surface area contributed by atoms with E-state index >= 15 is 0 Å². The highest BCUT2D eigenvalue weighted by Gasteiger charge is 2.03. The van der Waals surface area contributed by atoms with Crippen molar-refractivity contribution < 1.29 is 9.53 Å². The van der Waals surface area contributed by atoms with E-state index in [0.717, 1.165) is 5.56 Å². The van der Waals surface area contributed by atoms with E-state index in [2.05, 4.69) is 15.0 Å². The lowest BCUT2D eigenvalue weighted by molar-refractivity contribution is 0.187. The number of nitrogens with one attached hydrogen (secondary N) is 1. The van der Waals surface area contributed by atoms with Crippen LogP contribution in [0.25, 0.3) is 0 Å². The normalized spacial score (nSPS) is 8.60. The Balaban J connectivity index is 0.000000921. The van der Waals surface area contributed by atoms with Crippen LogP contribution in [0.3, 0.4) is 0 Å². The molecule has 0 atom stereocenters. The Hall–Kier alpha value is -1.29. The number of anilines is 1. The van der Waals surface area contributed by atoms with Gasteiger partial charge in [0.2, 0.25) is 0 Å². The van der Waals surface area contributed by atoms with Crippen LogP contribution in [0.2, 0.25) is 5.02 Å². The molecule has 0 aliphatic carbocycles. The van der Waals surface area contributed by atoms with Crippen LogP contribution in [-0.4, -0.2) is 18.2 Å².